The Labute approximate surface area is 100 Å². The van der Waals surface area contributed by atoms with E-state index in [1.54, 1.807) is 13.0 Å². The largest absolute Gasteiger partial charge is 0.416 e. The molecule has 1 aromatic carbocycles. The fourth-order valence-electron chi connectivity index (χ4n) is 1.74. The number of halogens is 3. The zero-order chi connectivity index (χ0) is 12.9. The molecule has 0 spiro atoms. The molecule has 0 bridgehead atoms. The van der Waals surface area contributed by atoms with Crippen molar-refractivity contribution in [2.24, 2.45) is 0 Å². The van der Waals surface area contributed by atoms with Gasteiger partial charge in [0.25, 0.3) is 0 Å². The van der Waals surface area contributed by atoms with E-state index >= 15 is 0 Å². The van der Waals surface area contributed by atoms with Gasteiger partial charge in [0.1, 0.15) is 0 Å². The molecule has 0 saturated heterocycles. The van der Waals surface area contributed by atoms with E-state index in [4.69, 9.17) is 0 Å². The van der Waals surface area contributed by atoms with Gasteiger partial charge in [-0.2, -0.15) is 13.2 Å². The van der Waals surface area contributed by atoms with Gasteiger partial charge in [-0.3, -0.25) is 0 Å². The van der Waals surface area contributed by atoms with E-state index in [0.717, 1.165) is 25.5 Å². The van der Waals surface area contributed by atoms with Gasteiger partial charge in [-0.15, -0.1) is 0 Å². The molecule has 1 unspecified atom stereocenters. The third kappa shape index (κ3) is 4.04. The molecule has 17 heavy (non-hydrogen) atoms. The minimum Gasteiger partial charge on any atom is -0.310 e. The maximum atomic E-state index is 12.8. The first-order valence-corrected chi connectivity index (χ1v) is 5.86. The van der Waals surface area contributed by atoms with Gasteiger partial charge >= 0.3 is 6.18 Å². The Balaban J connectivity index is 2.82. The summed E-state index contributed by atoms with van der Waals surface area (Å²) in [7, 11) is 0. The van der Waals surface area contributed by atoms with Gasteiger partial charge in [-0.1, -0.05) is 31.5 Å². The van der Waals surface area contributed by atoms with Crippen LogP contribution in [0.4, 0.5) is 13.2 Å². The van der Waals surface area contributed by atoms with Crippen molar-refractivity contribution in [3.05, 3.63) is 35.4 Å². The van der Waals surface area contributed by atoms with E-state index in [9.17, 15) is 13.2 Å². The lowest BCUT2D eigenvalue weighted by atomic mass is 10.0. The zero-order valence-corrected chi connectivity index (χ0v) is 10.1. The Kier molecular flexibility index (Phi) is 5.00. The summed E-state index contributed by atoms with van der Waals surface area (Å²) in [5.74, 6) is 0. The molecule has 0 aromatic heterocycles. The van der Waals surface area contributed by atoms with Crippen molar-refractivity contribution in [2.45, 2.75) is 38.9 Å². The highest BCUT2D eigenvalue weighted by Crippen LogP contribution is 2.34. The van der Waals surface area contributed by atoms with Crippen molar-refractivity contribution in [1.82, 2.24) is 5.32 Å². The third-order valence-corrected chi connectivity index (χ3v) is 2.71. The molecule has 0 radical (unpaired) electrons. The average Bonchev–Trinajstić information content (AvgIpc) is 2.28. The van der Waals surface area contributed by atoms with Crippen LogP contribution in [0.25, 0.3) is 0 Å². The van der Waals surface area contributed by atoms with Crippen molar-refractivity contribution in [1.29, 1.82) is 0 Å². The molecule has 0 aliphatic heterocycles. The van der Waals surface area contributed by atoms with Crippen LogP contribution >= 0.6 is 0 Å². The predicted molar refractivity (Wildman–Crippen MR) is 62.8 cm³/mol. The molecule has 1 nitrogen and oxygen atoms in total. The van der Waals surface area contributed by atoms with Gasteiger partial charge in [-0.25, -0.2) is 0 Å². The second kappa shape index (κ2) is 6.05. The number of hydrogen-bond acceptors (Lipinski definition) is 1. The first kappa shape index (κ1) is 14.0. The van der Waals surface area contributed by atoms with E-state index in [1.807, 2.05) is 0 Å². The monoisotopic (exact) mass is 245 g/mol. The Bertz CT molecular complexity index is 347. The topological polar surface area (TPSA) is 12.0 Å². The summed E-state index contributed by atoms with van der Waals surface area (Å²) in [4.78, 5) is 0. The Hall–Kier alpha value is -1.03. The SMILES string of the molecule is CCCCNC(C)c1ccccc1C(F)(F)F. The molecule has 0 aliphatic carbocycles. The van der Waals surface area contributed by atoms with E-state index in [1.165, 1.54) is 12.1 Å². The number of rotatable bonds is 5. The van der Waals surface area contributed by atoms with E-state index < -0.39 is 11.7 Å². The predicted octanol–water partition coefficient (Wildman–Crippen LogP) is 4.16. The number of hydrogen-bond donors (Lipinski definition) is 1. The maximum absolute atomic E-state index is 12.8. The van der Waals surface area contributed by atoms with Crippen LogP contribution in [-0.4, -0.2) is 6.54 Å². The van der Waals surface area contributed by atoms with Crippen LogP contribution in [0.1, 0.15) is 43.9 Å². The lowest BCUT2D eigenvalue weighted by Gasteiger charge is -2.19. The van der Waals surface area contributed by atoms with E-state index in [0.29, 0.717) is 5.56 Å². The van der Waals surface area contributed by atoms with Crippen LogP contribution in [0.2, 0.25) is 0 Å². The van der Waals surface area contributed by atoms with Crippen molar-refractivity contribution >= 4 is 0 Å². The molecule has 0 amide bonds. The zero-order valence-electron chi connectivity index (χ0n) is 10.1. The van der Waals surface area contributed by atoms with Crippen molar-refractivity contribution in [3.63, 3.8) is 0 Å². The molecular formula is C13H18F3N. The van der Waals surface area contributed by atoms with Gasteiger partial charge in [0.05, 0.1) is 5.56 Å². The van der Waals surface area contributed by atoms with Crippen LogP contribution < -0.4 is 5.32 Å². The molecular weight excluding hydrogens is 227 g/mol. The van der Waals surface area contributed by atoms with Gasteiger partial charge in [0, 0.05) is 6.04 Å². The van der Waals surface area contributed by atoms with E-state index in [2.05, 4.69) is 12.2 Å². The van der Waals surface area contributed by atoms with Crippen LogP contribution in [0.3, 0.4) is 0 Å². The number of nitrogens with one attached hydrogen (secondary N) is 1. The van der Waals surface area contributed by atoms with E-state index in [-0.39, 0.29) is 6.04 Å². The summed E-state index contributed by atoms with van der Waals surface area (Å²) in [6.45, 7) is 4.56. The van der Waals surface area contributed by atoms with Gasteiger partial charge < -0.3 is 5.32 Å². The fourth-order valence-corrected chi connectivity index (χ4v) is 1.74. The Morgan fingerprint density at radius 2 is 1.88 bits per heavy atom. The Morgan fingerprint density at radius 3 is 2.47 bits per heavy atom. The third-order valence-electron chi connectivity index (χ3n) is 2.71. The molecule has 1 rings (SSSR count). The van der Waals surface area contributed by atoms with Crippen molar-refractivity contribution in [2.75, 3.05) is 6.54 Å². The van der Waals surface area contributed by atoms with Gasteiger partial charge in [-0.05, 0) is 31.5 Å². The lowest BCUT2D eigenvalue weighted by molar-refractivity contribution is -0.138. The molecule has 1 N–H and O–H groups in total. The second-order valence-electron chi connectivity index (χ2n) is 4.11. The number of benzene rings is 1. The smallest absolute Gasteiger partial charge is 0.310 e. The number of alkyl halides is 3. The maximum Gasteiger partial charge on any atom is 0.416 e. The second-order valence-corrected chi connectivity index (χ2v) is 4.11. The molecule has 0 aliphatic rings. The van der Waals surface area contributed by atoms with Crippen LogP contribution in [0.15, 0.2) is 24.3 Å². The summed E-state index contributed by atoms with van der Waals surface area (Å²) >= 11 is 0. The van der Waals surface area contributed by atoms with Gasteiger partial charge in [0.2, 0.25) is 0 Å². The molecule has 1 aromatic rings. The summed E-state index contributed by atoms with van der Waals surface area (Å²) in [5, 5.41) is 3.11. The number of unbranched alkanes of at least 4 members (excludes halogenated alkanes) is 1. The van der Waals surface area contributed by atoms with Crippen LogP contribution in [-0.2, 0) is 6.18 Å². The molecule has 4 heteroatoms. The first-order valence-electron chi connectivity index (χ1n) is 5.86. The highest BCUT2D eigenvalue weighted by molar-refractivity contribution is 5.31. The summed E-state index contributed by atoms with van der Waals surface area (Å²) in [6.07, 6.45) is -2.28. The molecule has 0 heterocycles. The normalized spacial score (nSPS) is 13.7. The highest BCUT2D eigenvalue weighted by Gasteiger charge is 2.33. The summed E-state index contributed by atoms with van der Waals surface area (Å²) < 4.78 is 38.3. The highest BCUT2D eigenvalue weighted by atomic mass is 19.4. The van der Waals surface area contributed by atoms with Crippen LogP contribution in [0, 0.1) is 0 Å². The Morgan fingerprint density at radius 1 is 1.24 bits per heavy atom. The molecule has 96 valence electrons. The van der Waals surface area contributed by atoms with Crippen LogP contribution in [0.5, 0.6) is 0 Å². The lowest BCUT2D eigenvalue weighted by Crippen LogP contribution is -2.22. The molecule has 0 fully saturated rings. The minimum atomic E-state index is -4.28. The molecule has 0 saturated carbocycles. The fraction of sp³-hybridized carbons (Fsp3) is 0.538. The minimum absolute atomic E-state index is 0.278. The standard InChI is InChI=1S/C13H18F3N/c1-3-4-9-17-10(2)11-7-5-6-8-12(11)13(14,15)16/h5-8,10,17H,3-4,9H2,1-2H3. The molecule has 1 atom stereocenters. The first-order chi connectivity index (χ1) is 7.96. The average molecular weight is 245 g/mol. The summed E-state index contributed by atoms with van der Waals surface area (Å²) in [5.41, 5.74) is -0.229. The van der Waals surface area contributed by atoms with Crippen molar-refractivity contribution < 1.29 is 13.2 Å². The van der Waals surface area contributed by atoms with Gasteiger partial charge in [0.15, 0.2) is 0 Å². The summed E-state index contributed by atoms with van der Waals surface area (Å²) in [6, 6.07) is 5.45. The van der Waals surface area contributed by atoms with Crippen molar-refractivity contribution in [3.8, 4) is 0 Å². The quantitative estimate of drug-likeness (QED) is 0.768.